The van der Waals surface area contributed by atoms with Crippen molar-refractivity contribution in [2.45, 2.75) is 19.0 Å². The van der Waals surface area contributed by atoms with Crippen LogP contribution in [0.25, 0.3) is 0 Å². The first-order chi connectivity index (χ1) is 17.5. The monoisotopic (exact) mass is 502 g/mol. The molecule has 0 saturated carbocycles. The van der Waals surface area contributed by atoms with Gasteiger partial charge in [-0.1, -0.05) is 49.4 Å². The highest BCUT2D eigenvalue weighted by molar-refractivity contribution is 8.13. The molecular formula is C26H24N5O4S-. The highest BCUT2D eigenvalue weighted by Gasteiger charge is 2.54. The minimum absolute atomic E-state index is 0.0178. The van der Waals surface area contributed by atoms with Crippen molar-refractivity contribution in [3.63, 3.8) is 0 Å². The largest absolute Gasteiger partial charge is 0.611 e. The molecule has 0 spiro atoms. The molecule has 3 aromatic rings. The number of anilines is 2. The first-order valence-electron chi connectivity index (χ1n) is 11.4. The second kappa shape index (κ2) is 9.46. The van der Waals surface area contributed by atoms with Crippen LogP contribution in [0.4, 0.5) is 22.7 Å². The van der Waals surface area contributed by atoms with Crippen LogP contribution in [0.2, 0.25) is 0 Å². The Balaban J connectivity index is 1.83. The van der Waals surface area contributed by atoms with Gasteiger partial charge in [0.1, 0.15) is 5.82 Å². The lowest BCUT2D eigenvalue weighted by molar-refractivity contribution is -0.384. The van der Waals surface area contributed by atoms with Crippen LogP contribution in [0.1, 0.15) is 18.9 Å². The smallest absolute Gasteiger partial charge is 0.269 e. The summed E-state index contributed by atoms with van der Waals surface area (Å²) >= 11 is 1.54. The van der Waals surface area contributed by atoms with Gasteiger partial charge in [-0.25, -0.2) is 4.99 Å². The summed E-state index contributed by atoms with van der Waals surface area (Å²) in [5, 5.41) is 27.4. The Labute approximate surface area is 212 Å². The summed E-state index contributed by atoms with van der Waals surface area (Å²) in [7, 11) is 0. The Kier molecular flexibility index (Phi) is 6.19. The predicted molar refractivity (Wildman–Crippen MR) is 140 cm³/mol. The SMILES string of the molecule is CCOC([O-])=C1NN(c2ccc([N+](=O)[O-])cc2)C2(c3ccccc3)CC(SC)=Nc3ccccc3N12. The van der Waals surface area contributed by atoms with Gasteiger partial charge in [-0.05, 0) is 37.1 Å². The zero-order valence-electron chi connectivity index (χ0n) is 19.7. The molecule has 3 aromatic carbocycles. The van der Waals surface area contributed by atoms with Gasteiger partial charge in [-0.15, -0.1) is 11.8 Å². The number of ether oxygens (including phenoxy) is 1. The number of hydrogen-bond donors (Lipinski definition) is 1. The summed E-state index contributed by atoms with van der Waals surface area (Å²) in [6.07, 6.45) is 2.41. The van der Waals surface area contributed by atoms with Crippen LogP contribution in [0.3, 0.4) is 0 Å². The first kappa shape index (κ1) is 23.6. The van der Waals surface area contributed by atoms with E-state index in [1.54, 1.807) is 30.8 Å². The standard InChI is InChI=1S/C26H25N5O4S/c1-3-35-25(32)24-28-30(19-13-15-20(16-14-19)31(33)34)26(18-9-5-4-6-10-18)17-23(36-2)27-21-11-7-8-12-22(21)29(24)26/h4-16,28,32H,3,17H2,1-2H3/p-1. The Morgan fingerprint density at radius 2 is 1.81 bits per heavy atom. The Bertz CT molecular complexity index is 1350. The van der Waals surface area contributed by atoms with Crippen molar-refractivity contribution in [1.29, 1.82) is 0 Å². The lowest BCUT2D eigenvalue weighted by Crippen LogP contribution is -2.53. The molecule has 1 N–H and O–H groups in total. The van der Waals surface area contributed by atoms with E-state index < -0.39 is 16.5 Å². The lowest BCUT2D eigenvalue weighted by Gasteiger charge is -2.43. The van der Waals surface area contributed by atoms with Crippen LogP contribution < -0.4 is 20.4 Å². The maximum Gasteiger partial charge on any atom is 0.269 e. The molecule has 0 bridgehead atoms. The van der Waals surface area contributed by atoms with Gasteiger partial charge < -0.3 is 9.84 Å². The molecule has 2 aliphatic heterocycles. The van der Waals surface area contributed by atoms with Crippen molar-refractivity contribution in [3.8, 4) is 0 Å². The third-order valence-electron chi connectivity index (χ3n) is 6.21. The van der Waals surface area contributed by atoms with E-state index in [0.717, 1.165) is 22.0 Å². The lowest BCUT2D eigenvalue weighted by atomic mass is 9.92. The molecule has 0 radical (unpaired) electrons. The molecule has 1 saturated heterocycles. The zero-order chi connectivity index (χ0) is 25.3. The predicted octanol–water partition coefficient (Wildman–Crippen LogP) is 4.60. The zero-order valence-corrected chi connectivity index (χ0v) is 20.6. The summed E-state index contributed by atoms with van der Waals surface area (Å²) in [4.78, 5) is 17.8. The van der Waals surface area contributed by atoms with Crippen molar-refractivity contribution < 1.29 is 14.8 Å². The van der Waals surface area contributed by atoms with Gasteiger partial charge in [0.25, 0.3) is 5.69 Å². The average molecular weight is 503 g/mol. The maximum absolute atomic E-state index is 13.3. The molecule has 36 heavy (non-hydrogen) atoms. The quantitative estimate of drug-likeness (QED) is 0.307. The Morgan fingerprint density at radius 1 is 1.11 bits per heavy atom. The number of thioether (sulfide) groups is 1. The van der Waals surface area contributed by atoms with Crippen LogP contribution in [0.5, 0.6) is 0 Å². The van der Waals surface area contributed by atoms with Gasteiger partial charge in [0.15, 0.2) is 5.66 Å². The second-order valence-electron chi connectivity index (χ2n) is 8.18. The fourth-order valence-electron chi connectivity index (χ4n) is 4.66. The fourth-order valence-corrected chi connectivity index (χ4v) is 5.20. The third kappa shape index (κ3) is 3.79. The molecule has 9 nitrogen and oxygen atoms in total. The summed E-state index contributed by atoms with van der Waals surface area (Å²) in [6.45, 7) is 1.97. The Hall–Kier alpha value is -4.18. The molecule has 1 unspecified atom stereocenters. The molecule has 1 atom stereocenters. The number of nitrogens with zero attached hydrogens (tertiary/aromatic N) is 4. The van der Waals surface area contributed by atoms with Crippen LogP contribution in [-0.4, -0.2) is 22.8 Å². The molecule has 1 fully saturated rings. The van der Waals surface area contributed by atoms with E-state index in [9.17, 15) is 15.2 Å². The Morgan fingerprint density at radius 3 is 2.47 bits per heavy atom. The molecule has 10 heteroatoms. The number of benzene rings is 3. The summed E-state index contributed by atoms with van der Waals surface area (Å²) in [6, 6.07) is 23.8. The fraction of sp³-hybridized carbons (Fsp3) is 0.192. The molecule has 184 valence electrons. The van der Waals surface area contributed by atoms with Crippen molar-refractivity contribution in [3.05, 3.63) is 106 Å². The van der Waals surface area contributed by atoms with E-state index in [-0.39, 0.29) is 18.1 Å². The highest BCUT2D eigenvalue weighted by atomic mass is 32.2. The number of non-ortho nitro benzene ring substituents is 1. The number of nitro benzene ring substituents is 1. The van der Waals surface area contributed by atoms with E-state index >= 15 is 0 Å². The molecule has 5 rings (SSSR count). The normalized spacial score (nSPS) is 20.0. The van der Waals surface area contributed by atoms with Gasteiger partial charge in [0.05, 0.1) is 33.0 Å². The van der Waals surface area contributed by atoms with Crippen LogP contribution in [0, 0.1) is 10.1 Å². The minimum Gasteiger partial charge on any atom is -0.611 e. The van der Waals surface area contributed by atoms with Gasteiger partial charge in [0, 0.05) is 24.1 Å². The molecular weight excluding hydrogens is 478 g/mol. The topological polar surface area (TPSA) is 106 Å². The summed E-state index contributed by atoms with van der Waals surface area (Å²) in [5.74, 6) is -0.270. The number of hydrogen-bond acceptors (Lipinski definition) is 9. The molecule has 0 aromatic heterocycles. The third-order valence-corrected chi connectivity index (χ3v) is 6.91. The van der Waals surface area contributed by atoms with Crippen LogP contribution in [-0.2, 0) is 10.4 Å². The van der Waals surface area contributed by atoms with Gasteiger partial charge in [-0.3, -0.25) is 25.4 Å². The van der Waals surface area contributed by atoms with Crippen LogP contribution in [0.15, 0.2) is 95.6 Å². The number of nitrogens with one attached hydrogen (secondary N) is 1. The number of rotatable bonds is 5. The van der Waals surface area contributed by atoms with Crippen LogP contribution >= 0.6 is 11.8 Å². The highest BCUT2D eigenvalue weighted by Crippen LogP contribution is 2.52. The van der Waals surface area contributed by atoms with Gasteiger partial charge in [-0.2, -0.15) is 0 Å². The maximum atomic E-state index is 13.3. The molecule has 0 aliphatic carbocycles. The van der Waals surface area contributed by atoms with Gasteiger partial charge >= 0.3 is 0 Å². The van der Waals surface area contributed by atoms with E-state index in [2.05, 4.69) is 5.43 Å². The average Bonchev–Trinajstić information content (AvgIpc) is 3.16. The van der Waals surface area contributed by atoms with E-state index in [1.165, 1.54) is 12.1 Å². The van der Waals surface area contributed by atoms with Crippen molar-refractivity contribution in [2.75, 3.05) is 22.8 Å². The first-order valence-corrected chi connectivity index (χ1v) is 12.6. The summed E-state index contributed by atoms with van der Waals surface area (Å²) in [5.41, 5.74) is 5.35. The van der Waals surface area contributed by atoms with Crippen molar-refractivity contribution in [2.24, 2.45) is 4.99 Å². The molecule has 0 amide bonds. The van der Waals surface area contributed by atoms with E-state index in [1.807, 2.05) is 70.8 Å². The second-order valence-corrected chi connectivity index (χ2v) is 9.06. The number of nitro groups is 1. The van der Waals surface area contributed by atoms with E-state index in [0.29, 0.717) is 12.1 Å². The number of fused-ring (bicyclic) bond motifs is 3. The van der Waals surface area contributed by atoms with Crippen molar-refractivity contribution >= 4 is 39.6 Å². The summed E-state index contributed by atoms with van der Waals surface area (Å²) < 4.78 is 5.46. The van der Waals surface area contributed by atoms with E-state index in [4.69, 9.17) is 9.73 Å². The number of aliphatic imine (C=N–C) groups is 1. The minimum atomic E-state index is -0.964. The molecule has 2 aliphatic rings. The number of para-hydroxylation sites is 2. The van der Waals surface area contributed by atoms with Gasteiger partial charge in [0.2, 0.25) is 0 Å². The molecule has 2 heterocycles. The van der Waals surface area contributed by atoms with Crippen molar-refractivity contribution in [1.82, 2.24) is 5.43 Å². The number of hydrazine groups is 1.